The maximum atomic E-state index is 9.43. The molecule has 0 saturated heterocycles. The van der Waals surface area contributed by atoms with E-state index in [1.54, 1.807) is 0 Å². The molecule has 1 N–H and O–H groups in total. The summed E-state index contributed by atoms with van der Waals surface area (Å²) < 4.78 is 0. The van der Waals surface area contributed by atoms with Crippen molar-refractivity contribution in [2.75, 3.05) is 5.88 Å². The van der Waals surface area contributed by atoms with Gasteiger partial charge < -0.3 is 5.11 Å². The summed E-state index contributed by atoms with van der Waals surface area (Å²) in [5.41, 5.74) is 2.17. The smallest absolute Gasteiger partial charge is 0.0925 e. The number of rotatable bonds is 3. The minimum absolute atomic E-state index is 0.251. The topological polar surface area (TPSA) is 20.2 Å². The van der Waals surface area contributed by atoms with E-state index in [1.165, 1.54) is 5.56 Å². The van der Waals surface area contributed by atoms with Gasteiger partial charge in [0.15, 0.2) is 0 Å². The highest BCUT2D eigenvalue weighted by atomic mass is 35.5. The highest BCUT2D eigenvalue weighted by Gasteiger charge is 2.05. The van der Waals surface area contributed by atoms with Gasteiger partial charge in [-0.1, -0.05) is 38.1 Å². The summed E-state index contributed by atoms with van der Waals surface area (Å²) >= 11 is 5.54. The van der Waals surface area contributed by atoms with E-state index in [0.29, 0.717) is 5.92 Å². The fourth-order valence-corrected chi connectivity index (χ4v) is 1.37. The number of hydrogen-bond acceptors (Lipinski definition) is 1. The van der Waals surface area contributed by atoms with E-state index in [9.17, 15) is 5.11 Å². The molecule has 0 aliphatic rings. The van der Waals surface area contributed by atoms with E-state index < -0.39 is 6.10 Å². The van der Waals surface area contributed by atoms with Crippen molar-refractivity contribution in [1.82, 2.24) is 0 Å². The van der Waals surface area contributed by atoms with Crippen molar-refractivity contribution < 1.29 is 5.11 Å². The Balaban J connectivity index is 2.81. The standard InChI is InChI=1S/C11H15ClO/c1-8(2)9-3-5-10(6-4-9)11(13)7-12/h3-6,8,11,13H,7H2,1-2H3/t11-/m1/s1. The van der Waals surface area contributed by atoms with Crippen LogP contribution in [0.15, 0.2) is 24.3 Å². The third-order valence-corrected chi connectivity index (χ3v) is 2.43. The summed E-state index contributed by atoms with van der Waals surface area (Å²) in [5, 5.41) is 9.43. The fraction of sp³-hybridized carbons (Fsp3) is 0.455. The first kappa shape index (κ1) is 10.6. The van der Waals surface area contributed by atoms with Crippen LogP contribution in [0.4, 0.5) is 0 Å². The number of benzene rings is 1. The Hall–Kier alpha value is -0.530. The molecule has 1 atom stereocenters. The minimum Gasteiger partial charge on any atom is -0.387 e. The molecule has 1 rings (SSSR count). The van der Waals surface area contributed by atoms with Gasteiger partial charge in [0.05, 0.1) is 12.0 Å². The van der Waals surface area contributed by atoms with Gasteiger partial charge in [-0.15, -0.1) is 11.6 Å². The second-order valence-corrected chi connectivity index (χ2v) is 3.80. The average Bonchev–Trinajstić information content (AvgIpc) is 2.17. The molecule has 0 spiro atoms. The highest BCUT2D eigenvalue weighted by Crippen LogP contribution is 2.19. The summed E-state index contributed by atoms with van der Waals surface area (Å²) in [6.07, 6.45) is -0.539. The van der Waals surface area contributed by atoms with Gasteiger partial charge in [-0.2, -0.15) is 0 Å². The largest absolute Gasteiger partial charge is 0.387 e. The van der Waals surface area contributed by atoms with Crippen LogP contribution in [0, 0.1) is 0 Å². The quantitative estimate of drug-likeness (QED) is 0.741. The number of aliphatic hydroxyl groups is 1. The normalized spacial score (nSPS) is 13.3. The molecule has 0 bridgehead atoms. The number of halogens is 1. The summed E-state index contributed by atoms with van der Waals surface area (Å²) in [5.74, 6) is 0.781. The molecule has 72 valence electrons. The van der Waals surface area contributed by atoms with Crippen molar-refractivity contribution in [2.24, 2.45) is 0 Å². The maximum Gasteiger partial charge on any atom is 0.0925 e. The molecule has 13 heavy (non-hydrogen) atoms. The van der Waals surface area contributed by atoms with Gasteiger partial charge in [0.2, 0.25) is 0 Å². The minimum atomic E-state index is -0.539. The Morgan fingerprint density at radius 3 is 2.00 bits per heavy atom. The monoisotopic (exact) mass is 198 g/mol. The molecule has 0 saturated carbocycles. The second kappa shape index (κ2) is 4.64. The molecule has 1 aromatic carbocycles. The van der Waals surface area contributed by atoms with E-state index in [1.807, 2.05) is 24.3 Å². The Labute approximate surface area is 84.4 Å². The maximum absolute atomic E-state index is 9.43. The molecule has 0 unspecified atom stereocenters. The molecule has 1 aromatic rings. The van der Waals surface area contributed by atoms with Crippen LogP contribution in [0.3, 0.4) is 0 Å². The zero-order valence-corrected chi connectivity index (χ0v) is 8.75. The predicted molar refractivity (Wildman–Crippen MR) is 56.2 cm³/mol. The second-order valence-electron chi connectivity index (χ2n) is 3.49. The van der Waals surface area contributed by atoms with Gasteiger partial charge in [-0.3, -0.25) is 0 Å². The SMILES string of the molecule is CC(C)c1ccc([C@H](O)CCl)cc1. The molecule has 0 aliphatic carbocycles. The molecular formula is C11H15ClO. The molecule has 0 aliphatic heterocycles. The molecule has 0 amide bonds. The number of aliphatic hydroxyl groups excluding tert-OH is 1. The van der Waals surface area contributed by atoms with Crippen molar-refractivity contribution in [3.05, 3.63) is 35.4 Å². The van der Waals surface area contributed by atoms with Crippen LogP contribution in [0.1, 0.15) is 37.0 Å². The summed E-state index contributed by atoms with van der Waals surface area (Å²) in [4.78, 5) is 0. The van der Waals surface area contributed by atoms with Crippen LogP contribution < -0.4 is 0 Å². The average molecular weight is 199 g/mol. The molecule has 0 radical (unpaired) electrons. The van der Waals surface area contributed by atoms with Crippen LogP contribution >= 0.6 is 11.6 Å². The molecule has 2 heteroatoms. The first-order chi connectivity index (χ1) is 6.15. The van der Waals surface area contributed by atoms with Gasteiger partial charge in [0.25, 0.3) is 0 Å². The van der Waals surface area contributed by atoms with Crippen molar-refractivity contribution in [3.8, 4) is 0 Å². The van der Waals surface area contributed by atoms with Crippen LogP contribution in [0.25, 0.3) is 0 Å². The van der Waals surface area contributed by atoms with E-state index in [0.717, 1.165) is 5.56 Å². The first-order valence-corrected chi connectivity index (χ1v) is 5.02. The molecule has 0 aromatic heterocycles. The third-order valence-electron chi connectivity index (χ3n) is 2.13. The van der Waals surface area contributed by atoms with Crippen molar-refractivity contribution in [3.63, 3.8) is 0 Å². The molecule has 0 heterocycles. The van der Waals surface area contributed by atoms with Crippen molar-refractivity contribution in [1.29, 1.82) is 0 Å². The van der Waals surface area contributed by atoms with E-state index in [-0.39, 0.29) is 5.88 Å². The summed E-state index contributed by atoms with van der Waals surface area (Å²) in [6.45, 7) is 4.29. The number of hydrogen-bond donors (Lipinski definition) is 1. The van der Waals surface area contributed by atoms with E-state index in [2.05, 4.69) is 13.8 Å². The lowest BCUT2D eigenvalue weighted by Crippen LogP contribution is -1.98. The predicted octanol–water partition coefficient (Wildman–Crippen LogP) is 3.08. The number of alkyl halides is 1. The highest BCUT2D eigenvalue weighted by molar-refractivity contribution is 6.18. The Bertz CT molecular complexity index is 253. The van der Waals surface area contributed by atoms with Crippen LogP contribution in [-0.4, -0.2) is 11.0 Å². The van der Waals surface area contributed by atoms with Crippen molar-refractivity contribution in [2.45, 2.75) is 25.9 Å². The van der Waals surface area contributed by atoms with Crippen LogP contribution in [0.5, 0.6) is 0 Å². The van der Waals surface area contributed by atoms with E-state index >= 15 is 0 Å². The van der Waals surface area contributed by atoms with Gasteiger partial charge in [0, 0.05) is 0 Å². The van der Waals surface area contributed by atoms with Gasteiger partial charge in [-0.25, -0.2) is 0 Å². The van der Waals surface area contributed by atoms with E-state index in [4.69, 9.17) is 11.6 Å². The Morgan fingerprint density at radius 1 is 1.15 bits per heavy atom. The first-order valence-electron chi connectivity index (χ1n) is 4.49. The summed E-state index contributed by atoms with van der Waals surface area (Å²) in [7, 11) is 0. The summed E-state index contributed by atoms with van der Waals surface area (Å²) in [6, 6.07) is 7.94. The Kier molecular flexibility index (Phi) is 3.76. The van der Waals surface area contributed by atoms with Crippen LogP contribution in [-0.2, 0) is 0 Å². The Morgan fingerprint density at radius 2 is 1.62 bits per heavy atom. The molecule has 1 nitrogen and oxygen atoms in total. The van der Waals surface area contributed by atoms with Gasteiger partial charge >= 0.3 is 0 Å². The zero-order chi connectivity index (χ0) is 9.84. The lowest BCUT2D eigenvalue weighted by Gasteiger charge is -2.09. The lowest BCUT2D eigenvalue weighted by atomic mass is 10.0. The third kappa shape index (κ3) is 2.71. The lowest BCUT2D eigenvalue weighted by molar-refractivity contribution is 0.202. The fourth-order valence-electron chi connectivity index (χ4n) is 1.19. The van der Waals surface area contributed by atoms with Crippen LogP contribution in [0.2, 0.25) is 0 Å². The molecular weight excluding hydrogens is 184 g/mol. The van der Waals surface area contributed by atoms with Crippen molar-refractivity contribution >= 4 is 11.6 Å². The molecule has 0 fully saturated rings. The zero-order valence-electron chi connectivity index (χ0n) is 8.00. The van der Waals surface area contributed by atoms with Gasteiger partial charge in [0.1, 0.15) is 0 Å². The van der Waals surface area contributed by atoms with Gasteiger partial charge in [-0.05, 0) is 17.0 Å².